The summed E-state index contributed by atoms with van der Waals surface area (Å²) in [5.74, 6) is 1.65. The molecule has 400 valence electrons. The van der Waals surface area contributed by atoms with Crippen LogP contribution in [0.3, 0.4) is 0 Å². The molecule has 0 aliphatic carbocycles. The molecule has 0 radical (unpaired) electrons. The second kappa shape index (κ2) is 20.4. The number of para-hydroxylation sites is 2. The Balaban J connectivity index is 0.00000665. The third kappa shape index (κ3) is 9.71. The molecule has 12 aromatic rings. The van der Waals surface area contributed by atoms with Crippen LogP contribution in [0.15, 0.2) is 200 Å². The molecule has 1 aliphatic rings. The predicted octanol–water partition coefficient (Wildman–Crippen LogP) is 20.5. The Morgan fingerprint density at radius 1 is 0.550 bits per heavy atom. The molecule has 13 rings (SSSR count). The molecule has 0 saturated carbocycles. The molecule has 7 heteroatoms. The summed E-state index contributed by atoms with van der Waals surface area (Å²) in [4.78, 5) is 9.78. The van der Waals surface area contributed by atoms with Gasteiger partial charge in [0.2, 0.25) is 0 Å². The van der Waals surface area contributed by atoms with E-state index in [1.165, 1.54) is 31.3 Å². The molecule has 0 atom stereocenters. The zero-order valence-electron chi connectivity index (χ0n) is 48.6. The number of hydrogen-bond acceptors (Lipinski definition) is 5. The molecule has 4 heterocycles. The summed E-state index contributed by atoms with van der Waals surface area (Å²) in [5.41, 5.74) is 14.2. The first-order chi connectivity index (χ1) is 38.8. The average Bonchev–Trinajstić information content (AvgIpc) is 2.20. The monoisotopic (exact) mass is 1240 g/mol. The first kappa shape index (κ1) is 50.5. The zero-order chi connectivity index (χ0) is 56.2. The van der Waals surface area contributed by atoms with Crippen molar-refractivity contribution < 1.29 is 28.5 Å². The first-order valence-corrected chi connectivity index (χ1v) is 28.1. The van der Waals surface area contributed by atoms with E-state index in [4.69, 9.17) is 9.72 Å². The maximum atomic E-state index is 9.81. The fourth-order valence-electron chi connectivity index (χ4n) is 11.2. The van der Waals surface area contributed by atoms with Gasteiger partial charge in [0.15, 0.2) is 0 Å². The first-order valence-electron chi connectivity index (χ1n) is 28.3. The summed E-state index contributed by atoms with van der Waals surface area (Å²) in [6.07, 6.45) is 0.117. The van der Waals surface area contributed by atoms with Crippen LogP contribution < -0.4 is 14.5 Å². The number of benzene rings is 9. The van der Waals surface area contributed by atoms with Crippen molar-refractivity contribution in [3.05, 3.63) is 236 Å². The molecule has 5 nitrogen and oxygen atoms in total. The number of aromatic nitrogens is 2. The molecule has 3 aromatic heterocycles. The Morgan fingerprint density at radius 3 is 1.81 bits per heavy atom. The largest absolute Gasteiger partial charge is 0.509 e. The minimum atomic E-state index is -1.74. The van der Waals surface area contributed by atoms with Crippen LogP contribution in [0.5, 0.6) is 11.5 Å². The van der Waals surface area contributed by atoms with Crippen LogP contribution in [0.2, 0.25) is 0 Å². The molecule has 0 unspecified atom stereocenters. The summed E-state index contributed by atoms with van der Waals surface area (Å²) in [6.45, 7) is 21.6. The maximum Gasteiger partial charge on any atom is 0.135 e. The molecule has 0 N–H and O–H groups in total. The molecule has 80 heavy (non-hydrogen) atoms. The van der Waals surface area contributed by atoms with E-state index >= 15 is 0 Å². The van der Waals surface area contributed by atoms with E-state index < -0.39 is 11.8 Å². The molecule has 1 aliphatic heterocycles. The van der Waals surface area contributed by atoms with Gasteiger partial charge in [0.25, 0.3) is 0 Å². The fraction of sp³-hybridized carbons (Fsp3) is 0.178. The Hall–Kier alpha value is -7.76. The van der Waals surface area contributed by atoms with Crippen LogP contribution in [-0.4, -0.2) is 9.55 Å². The second-order valence-electron chi connectivity index (χ2n) is 23.9. The summed E-state index contributed by atoms with van der Waals surface area (Å²) in [7, 11) is 0. The maximum absolute atomic E-state index is 9.81. The van der Waals surface area contributed by atoms with E-state index in [0.29, 0.717) is 22.9 Å². The van der Waals surface area contributed by atoms with Gasteiger partial charge in [-0.05, 0) is 104 Å². The average molecular weight is 1240 g/mol. The number of thiophene rings is 1. The summed E-state index contributed by atoms with van der Waals surface area (Å²) < 4.78 is 31.0. The van der Waals surface area contributed by atoms with Crippen LogP contribution in [-0.2, 0) is 38.3 Å². The van der Waals surface area contributed by atoms with Gasteiger partial charge in [-0.1, -0.05) is 189 Å². The molecular weight excluding hydrogens is 1180 g/mol. The Labute approximate surface area is 492 Å². The minimum Gasteiger partial charge on any atom is -0.509 e. The zero-order valence-corrected chi connectivity index (χ0v) is 49.6. The van der Waals surface area contributed by atoms with E-state index in [1.807, 2.05) is 51.2 Å². The van der Waals surface area contributed by atoms with Crippen molar-refractivity contribution in [2.75, 3.05) is 9.80 Å². The van der Waals surface area contributed by atoms with Crippen molar-refractivity contribution in [2.45, 2.75) is 79.5 Å². The van der Waals surface area contributed by atoms with Crippen molar-refractivity contribution in [3.8, 4) is 50.7 Å². The van der Waals surface area contributed by atoms with Gasteiger partial charge in [0.1, 0.15) is 5.82 Å². The summed E-state index contributed by atoms with van der Waals surface area (Å²) in [6, 6.07) is 75.8. The smallest absolute Gasteiger partial charge is 0.135 e. The van der Waals surface area contributed by atoms with Gasteiger partial charge in [-0.3, -0.25) is 0 Å². The quantitative estimate of drug-likeness (QED) is 0.135. The number of ether oxygens (including phenoxy) is 1. The van der Waals surface area contributed by atoms with Crippen LogP contribution in [0.4, 0.5) is 22.7 Å². The number of nitrogens with zero attached hydrogens (tertiary/aromatic N) is 4. The summed E-state index contributed by atoms with van der Waals surface area (Å²) in [5, 5.41) is 4.50. The fourth-order valence-corrected chi connectivity index (χ4v) is 12.4. The number of hydrogen-bond donors (Lipinski definition) is 0. The van der Waals surface area contributed by atoms with E-state index in [2.05, 4.69) is 245 Å². The molecule has 0 spiro atoms. The van der Waals surface area contributed by atoms with Crippen LogP contribution in [0.1, 0.15) is 81.7 Å². The van der Waals surface area contributed by atoms with E-state index in [1.54, 1.807) is 11.3 Å². The Bertz CT molecular complexity index is 4330. The van der Waals surface area contributed by atoms with Gasteiger partial charge in [0.05, 0.1) is 0 Å². The van der Waals surface area contributed by atoms with Gasteiger partial charge >= 0.3 is 0 Å². The van der Waals surface area contributed by atoms with E-state index in [0.717, 1.165) is 77.9 Å². The van der Waals surface area contributed by atoms with Gasteiger partial charge in [0, 0.05) is 101 Å². The normalized spacial score (nSPS) is 13.5. The van der Waals surface area contributed by atoms with Gasteiger partial charge in [-0.2, -0.15) is 12.1 Å². The number of anilines is 4. The number of rotatable bonds is 9. The van der Waals surface area contributed by atoms with Crippen molar-refractivity contribution in [3.63, 3.8) is 0 Å². The van der Waals surface area contributed by atoms with Crippen LogP contribution >= 0.6 is 11.3 Å². The van der Waals surface area contributed by atoms with Crippen LogP contribution in [0.25, 0.3) is 81.2 Å². The molecule has 0 saturated heterocycles. The third-order valence-corrected chi connectivity index (χ3v) is 16.3. The topological polar surface area (TPSA) is 33.5 Å². The standard InChI is InChI=1S/C73H63N4OS.Pt/c1-71(2,3)44-50-39-67(74-45-61(50)49-31-33-51(34-32-49)72(4,5)6)77-64-38-37-57-56-27-16-19-30-66(56)79-70(57)68(64)58-36-35-55(43-65(58)77)78-54-26-20-25-53(42-54)75-46-76(63-29-18-17-28-62(63)75)69-59(47-21-12-10-13-22-47)40-52(73(7,8)9)41-60(69)48-23-14-11-15-24-48;/h10-41,45-46H,44H2,1-9H3;/q-3;/i44D2;. The second-order valence-corrected chi connectivity index (χ2v) is 24.9. The molecule has 9 aromatic carbocycles. The Kier molecular flexibility index (Phi) is 12.9. The van der Waals surface area contributed by atoms with Crippen molar-refractivity contribution in [1.82, 2.24) is 9.55 Å². The third-order valence-electron chi connectivity index (χ3n) is 15.1. The van der Waals surface area contributed by atoms with Crippen molar-refractivity contribution in [2.24, 2.45) is 5.41 Å². The van der Waals surface area contributed by atoms with E-state index in [-0.39, 0.29) is 31.9 Å². The van der Waals surface area contributed by atoms with Crippen LogP contribution in [0, 0.1) is 24.2 Å². The Morgan fingerprint density at radius 2 is 1.15 bits per heavy atom. The van der Waals surface area contributed by atoms with Gasteiger partial charge < -0.3 is 19.1 Å². The minimum absolute atomic E-state index is 0. The summed E-state index contributed by atoms with van der Waals surface area (Å²) >= 11 is 1.79. The van der Waals surface area contributed by atoms with E-state index in [9.17, 15) is 2.74 Å². The SMILES string of the molecule is [2H]C([2H])(c1cc(-n2c3[c-]c(Oc4[c-]c(N5[CH-]N(c6c(-c7ccccc7)cc(C(C)(C)C)cc6-c6ccccc6)c6ccccc65)ccc4)ccc3c3c4sc5ccccc5c4ccc32)ncc1-c1ccc(C(C)(C)C)cc1)C(C)(C)C.[Pt]. The molecule has 0 bridgehead atoms. The van der Waals surface area contributed by atoms with Crippen molar-refractivity contribution >= 4 is 76.1 Å². The molecule has 0 amide bonds. The number of pyridine rings is 1. The van der Waals surface area contributed by atoms with Gasteiger partial charge in [-0.15, -0.1) is 59.4 Å². The van der Waals surface area contributed by atoms with Gasteiger partial charge in [-0.25, -0.2) is 4.98 Å². The number of fused-ring (bicyclic) bond motifs is 8. The molecule has 0 fully saturated rings. The molecular formula is C73H63N4OPtS-3. The van der Waals surface area contributed by atoms with Crippen molar-refractivity contribution in [1.29, 1.82) is 0 Å². The predicted molar refractivity (Wildman–Crippen MR) is 334 cm³/mol.